The number of nitrogens with zero attached hydrogens (tertiary/aromatic N) is 2. The van der Waals surface area contributed by atoms with Gasteiger partial charge in [-0.1, -0.05) is 24.3 Å². The normalized spacial score (nSPS) is 10.7. The van der Waals surface area contributed by atoms with E-state index >= 15 is 0 Å². The molecule has 0 saturated heterocycles. The van der Waals surface area contributed by atoms with Crippen molar-refractivity contribution in [3.05, 3.63) is 59.9 Å². The Morgan fingerprint density at radius 1 is 1.26 bits per heavy atom. The standard InChI is InChI=1S/C17H17N3O3/c1-12-5-4-6-13(11-12)23-20(17(21)22)10-9-16-18-14-7-2-3-8-15(14)19-16/h2-8,11H,9-10H2,1H3,(H,18,19)(H,21,22). The summed E-state index contributed by atoms with van der Waals surface area (Å²) in [7, 11) is 0. The van der Waals surface area contributed by atoms with Gasteiger partial charge >= 0.3 is 6.09 Å². The van der Waals surface area contributed by atoms with Crippen molar-refractivity contribution in [3.63, 3.8) is 0 Å². The van der Waals surface area contributed by atoms with Crippen LogP contribution in [0.15, 0.2) is 48.5 Å². The van der Waals surface area contributed by atoms with Crippen molar-refractivity contribution in [2.75, 3.05) is 6.54 Å². The van der Waals surface area contributed by atoms with Crippen LogP contribution < -0.4 is 4.84 Å². The Hall–Kier alpha value is -3.02. The second-order valence-electron chi connectivity index (χ2n) is 5.24. The van der Waals surface area contributed by atoms with E-state index < -0.39 is 6.09 Å². The topological polar surface area (TPSA) is 78.5 Å². The lowest BCUT2D eigenvalue weighted by molar-refractivity contribution is -0.0352. The van der Waals surface area contributed by atoms with Crippen LogP contribution in [0.25, 0.3) is 11.0 Å². The van der Waals surface area contributed by atoms with E-state index in [-0.39, 0.29) is 6.54 Å². The number of aryl methyl sites for hydroxylation is 1. The minimum absolute atomic E-state index is 0.184. The van der Waals surface area contributed by atoms with Crippen LogP contribution in [-0.2, 0) is 6.42 Å². The maximum Gasteiger partial charge on any atom is 0.440 e. The van der Waals surface area contributed by atoms with Crippen LogP contribution in [0.3, 0.4) is 0 Å². The van der Waals surface area contributed by atoms with Gasteiger partial charge in [-0.2, -0.15) is 0 Å². The summed E-state index contributed by atoms with van der Waals surface area (Å²) in [5, 5.41) is 10.2. The molecule has 1 aromatic heterocycles. The summed E-state index contributed by atoms with van der Waals surface area (Å²) in [6, 6.07) is 14.9. The zero-order chi connectivity index (χ0) is 16.2. The lowest BCUT2D eigenvalue weighted by atomic mass is 10.2. The fourth-order valence-electron chi connectivity index (χ4n) is 2.31. The first-order chi connectivity index (χ1) is 11.1. The molecule has 0 radical (unpaired) electrons. The molecule has 0 fully saturated rings. The first-order valence-corrected chi connectivity index (χ1v) is 7.30. The molecule has 6 heteroatoms. The summed E-state index contributed by atoms with van der Waals surface area (Å²) in [4.78, 5) is 24.4. The van der Waals surface area contributed by atoms with Gasteiger partial charge in [0.2, 0.25) is 0 Å². The van der Waals surface area contributed by atoms with Crippen LogP contribution in [0, 0.1) is 6.92 Å². The number of amides is 1. The molecule has 2 aromatic carbocycles. The number of rotatable bonds is 5. The number of aromatic amines is 1. The summed E-state index contributed by atoms with van der Waals surface area (Å²) in [5.41, 5.74) is 2.80. The molecule has 0 unspecified atom stereocenters. The minimum Gasteiger partial charge on any atom is -0.463 e. The van der Waals surface area contributed by atoms with E-state index in [1.165, 1.54) is 0 Å². The van der Waals surface area contributed by atoms with E-state index in [0.29, 0.717) is 12.2 Å². The van der Waals surface area contributed by atoms with Gasteiger partial charge in [0.25, 0.3) is 0 Å². The number of hydrogen-bond donors (Lipinski definition) is 2. The van der Waals surface area contributed by atoms with Crippen molar-refractivity contribution in [1.82, 2.24) is 15.0 Å². The highest BCUT2D eigenvalue weighted by Crippen LogP contribution is 2.15. The first-order valence-electron chi connectivity index (χ1n) is 7.30. The summed E-state index contributed by atoms with van der Waals surface area (Å²) in [6.07, 6.45) is -0.699. The molecule has 0 spiro atoms. The van der Waals surface area contributed by atoms with E-state index in [4.69, 9.17) is 4.84 Å². The maximum atomic E-state index is 11.4. The number of H-pyrrole nitrogens is 1. The number of imidazole rings is 1. The molecular formula is C17H17N3O3. The van der Waals surface area contributed by atoms with Gasteiger partial charge in [0.05, 0.1) is 17.6 Å². The molecule has 0 saturated carbocycles. The average molecular weight is 311 g/mol. The molecule has 0 atom stereocenters. The van der Waals surface area contributed by atoms with Gasteiger partial charge in [-0.25, -0.2) is 9.78 Å². The third kappa shape index (κ3) is 3.60. The highest BCUT2D eigenvalue weighted by atomic mass is 16.7. The van der Waals surface area contributed by atoms with Crippen LogP contribution in [0.5, 0.6) is 5.75 Å². The van der Waals surface area contributed by atoms with Crippen molar-refractivity contribution >= 4 is 17.1 Å². The summed E-state index contributed by atoms with van der Waals surface area (Å²) in [5.74, 6) is 1.22. The molecule has 0 bridgehead atoms. The number of benzene rings is 2. The lowest BCUT2D eigenvalue weighted by Crippen LogP contribution is -2.34. The zero-order valence-corrected chi connectivity index (χ0v) is 12.7. The zero-order valence-electron chi connectivity index (χ0n) is 12.7. The number of fused-ring (bicyclic) bond motifs is 1. The lowest BCUT2D eigenvalue weighted by Gasteiger charge is -2.18. The molecule has 2 N–H and O–H groups in total. The van der Waals surface area contributed by atoms with Gasteiger partial charge < -0.3 is 14.9 Å². The molecule has 1 heterocycles. The first kappa shape index (κ1) is 14.9. The number of hydrogen-bond acceptors (Lipinski definition) is 3. The maximum absolute atomic E-state index is 11.4. The van der Waals surface area contributed by atoms with Crippen molar-refractivity contribution in [1.29, 1.82) is 0 Å². The molecule has 23 heavy (non-hydrogen) atoms. The van der Waals surface area contributed by atoms with E-state index in [1.807, 2.05) is 43.3 Å². The van der Waals surface area contributed by atoms with Gasteiger partial charge in [-0.05, 0) is 36.8 Å². The Bertz CT molecular complexity index is 796. The van der Waals surface area contributed by atoms with Gasteiger partial charge in [-0.3, -0.25) is 0 Å². The van der Waals surface area contributed by atoms with Gasteiger partial charge in [0, 0.05) is 6.42 Å². The quantitative estimate of drug-likeness (QED) is 0.708. The van der Waals surface area contributed by atoms with E-state index in [9.17, 15) is 9.90 Å². The number of para-hydroxylation sites is 2. The molecule has 6 nitrogen and oxygen atoms in total. The molecule has 3 rings (SSSR count). The Morgan fingerprint density at radius 3 is 2.83 bits per heavy atom. The van der Waals surface area contributed by atoms with Crippen molar-refractivity contribution < 1.29 is 14.7 Å². The average Bonchev–Trinajstić information content (AvgIpc) is 2.94. The van der Waals surface area contributed by atoms with E-state index in [1.54, 1.807) is 12.1 Å². The van der Waals surface area contributed by atoms with Crippen molar-refractivity contribution in [3.8, 4) is 5.75 Å². The number of hydroxylamine groups is 2. The highest BCUT2D eigenvalue weighted by Gasteiger charge is 2.15. The molecule has 3 aromatic rings. The second-order valence-corrected chi connectivity index (χ2v) is 5.24. The third-order valence-electron chi connectivity index (χ3n) is 3.41. The Morgan fingerprint density at radius 2 is 2.09 bits per heavy atom. The van der Waals surface area contributed by atoms with Crippen LogP contribution >= 0.6 is 0 Å². The fourth-order valence-corrected chi connectivity index (χ4v) is 2.31. The molecule has 118 valence electrons. The monoisotopic (exact) mass is 311 g/mol. The largest absolute Gasteiger partial charge is 0.463 e. The van der Waals surface area contributed by atoms with Crippen molar-refractivity contribution in [2.24, 2.45) is 0 Å². The van der Waals surface area contributed by atoms with Gasteiger partial charge in [0.1, 0.15) is 5.82 Å². The highest BCUT2D eigenvalue weighted by molar-refractivity contribution is 5.74. The number of aromatic nitrogens is 2. The van der Waals surface area contributed by atoms with E-state index in [0.717, 1.165) is 27.5 Å². The molecule has 1 amide bonds. The van der Waals surface area contributed by atoms with Crippen LogP contribution in [0.4, 0.5) is 4.79 Å². The van der Waals surface area contributed by atoms with Crippen LogP contribution in [0.2, 0.25) is 0 Å². The predicted octanol–water partition coefficient (Wildman–Crippen LogP) is 3.39. The summed E-state index contributed by atoms with van der Waals surface area (Å²) >= 11 is 0. The second kappa shape index (κ2) is 6.39. The Balaban J connectivity index is 1.68. The van der Waals surface area contributed by atoms with Gasteiger partial charge in [-0.15, -0.1) is 5.06 Å². The van der Waals surface area contributed by atoms with Crippen molar-refractivity contribution in [2.45, 2.75) is 13.3 Å². The SMILES string of the molecule is Cc1cccc(ON(CCc2nc3ccccc3[nH]2)C(=O)O)c1. The molecule has 0 aliphatic carbocycles. The Labute approximate surface area is 133 Å². The molecule has 0 aliphatic heterocycles. The number of carboxylic acid groups (broad SMARTS) is 1. The summed E-state index contributed by atoms with van der Waals surface area (Å²) < 4.78 is 0. The van der Waals surface area contributed by atoms with E-state index in [2.05, 4.69) is 9.97 Å². The van der Waals surface area contributed by atoms with Gasteiger partial charge in [0.15, 0.2) is 5.75 Å². The fraction of sp³-hybridized carbons (Fsp3) is 0.176. The third-order valence-corrected chi connectivity index (χ3v) is 3.41. The predicted molar refractivity (Wildman–Crippen MR) is 86.3 cm³/mol. The smallest absolute Gasteiger partial charge is 0.440 e. The van der Waals surface area contributed by atoms with Crippen LogP contribution in [-0.4, -0.2) is 32.8 Å². The molecular weight excluding hydrogens is 294 g/mol. The Kier molecular flexibility index (Phi) is 4.14. The summed E-state index contributed by atoms with van der Waals surface area (Å²) in [6.45, 7) is 2.11. The number of carbonyl (C=O) groups is 1. The molecule has 0 aliphatic rings. The number of nitrogens with one attached hydrogen (secondary N) is 1. The minimum atomic E-state index is -1.14. The van der Waals surface area contributed by atoms with Crippen LogP contribution in [0.1, 0.15) is 11.4 Å².